The molecule has 0 spiro atoms. The number of nitrogens with zero attached hydrogens (tertiary/aromatic N) is 2. The fourth-order valence-corrected chi connectivity index (χ4v) is 2.58. The van der Waals surface area contributed by atoms with E-state index in [1.807, 2.05) is 0 Å². The highest BCUT2D eigenvalue weighted by molar-refractivity contribution is 5.77. The number of nitro benzene ring substituents is 1. The van der Waals surface area contributed by atoms with Crippen molar-refractivity contribution in [3.63, 3.8) is 0 Å². The zero-order valence-electron chi connectivity index (χ0n) is 14.1. The SMILES string of the molecule is O=C(COc1ccc([N+](=O)[O-])c(F)c1)NCC(N1CCNCC1)C(F)(F)F. The van der Waals surface area contributed by atoms with Gasteiger partial charge in [-0.15, -0.1) is 0 Å². The Balaban J connectivity index is 1.87. The Hall–Kier alpha value is -2.47. The van der Waals surface area contributed by atoms with Crippen LogP contribution in [0.1, 0.15) is 0 Å². The normalized spacial score (nSPS) is 16.6. The van der Waals surface area contributed by atoms with Crippen LogP contribution in [0.4, 0.5) is 23.2 Å². The fourth-order valence-electron chi connectivity index (χ4n) is 2.58. The summed E-state index contributed by atoms with van der Waals surface area (Å²) in [5.41, 5.74) is -0.754. The number of piperazine rings is 1. The van der Waals surface area contributed by atoms with E-state index >= 15 is 0 Å². The maximum Gasteiger partial charge on any atom is 0.405 e. The molecule has 1 unspecified atom stereocenters. The quantitative estimate of drug-likeness (QED) is 0.408. The molecular formula is C15H18F4N4O4. The molecule has 12 heteroatoms. The van der Waals surface area contributed by atoms with Gasteiger partial charge in [-0.1, -0.05) is 0 Å². The van der Waals surface area contributed by atoms with Crippen molar-refractivity contribution >= 4 is 11.6 Å². The Morgan fingerprint density at radius 2 is 2.04 bits per heavy atom. The first-order chi connectivity index (χ1) is 12.7. The molecule has 1 atom stereocenters. The monoisotopic (exact) mass is 394 g/mol. The van der Waals surface area contributed by atoms with E-state index in [1.54, 1.807) is 0 Å². The second-order valence-electron chi connectivity index (χ2n) is 5.81. The summed E-state index contributed by atoms with van der Waals surface area (Å²) >= 11 is 0. The van der Waals surface area contributed by atoms with Gasteiger partial charge in [-0.05, 0) is 6.07 Å². The van der Waals surface area contributed by atoms with Crippen molar-refractivity contribution in [2.45, 2.75) is 12.2 Å². The van der Waals surface area contributed by atoms with E-state index < -0.39 is 47.7 Å². The van der Waals surface area contributed by atoms with Crippen LogP contribution in [-0.2, 0) is 4.79 Å². The van der Waals surface area contributed by atoms with Crippen molar-refractivity contribution in [2.24, 2.45) is 0 Å². The van der Waals surface area contributed by atoms with Crippen molar-refractivity contribution in [1.82, 2.24) is 15.5 Å². The number of alkyl halides is 3. The van der Waals surface area contributed by atoms with Crippen LogP contribution < -0.4 is 15.4 Å². The fraction of sp³-hybridized carbons (Fsp3) is 0.533. The number of rotatable bonds is 7. The number of nitrogens with one attached hydrogen (secondary N) is 2. The lowest BCUT2D eigenvalue weighted by atomic mass is 10.2. The first-order valence-electron chi connectivity index (χ1n) is 8.03. The van der Waals surface area contributed by atoms with Gasteiger partial charge >= 0.3 is 11.9 Å². The predicted molar refractivity (Wildman–Crippen MR) is 85.8 cm³/mol. The molecule has 1 aromatic rings. The highest BCUT2D eigenvalue weighted by Crippen LogP contribution is 2.25. The Bertz CT molecular complexity index is 680. The molecule has 0 saturated carbocycles. The molecule has 0 aliphatic carbocycles. The number of carbonyl (C=O) groups is 1. The average molecular weight is 394 g/mol. The van der Waals surface area contributed by atoms with Gasteiger partial charge in [-0.3, -0.25) is 19.8 Å². The summed E-state index contributed by atoms with van der Waals surface area (Å²) in [5.74, 6) is -2.12. The molecule has 0 aromatic heterocycles. The number of benzene rings is 1. The molecule has 0 bridgehead atoms. The van der Waals surface area contributed by atoms with Crippen LogP contribution in [0.25, 0.3) is 0 Å². The van der Waals surface area contributed by atoms with Crippen LogP contribution in [0.2, 0.25) is 0 Å². The molecule has 1 aromatic carbocycles. The summed E-state index contributed by atoms with van der Waals surface area (Å²) in [6, 6.07) is 0.866. The molecule has 150 valence electrons. The lowest BCUT2D eigenvalue weighted by Gasteiger charge is -2.35. The van der Waals surface area contributed by atoms with E-state index in [-0.39, 0.29) is 18.8 Å². The van der Waals surface area contributed by atoms with E-state index in [0.29, 0.717) is 13.1 Å². The summed E-state index contributed by atoms with van der Waals surface area (Å²) in [5, 5.41) is 15.6. The van der Waals surface area contributed by atoms with Gasteiger partial charge in [0, 0.05) is 44.9 Å². The summed E-state index contributed by atoms with van der Waals surface area (Å²) in [6.07, 6.45) is -4.51. The summed E-state index contributed by atoms with van der Waals surface area (Å²) in [4.78, 5) is 22.6. The van der Waals surface area contributed by atoms with Gasteiger partial charge in [-0.2, -0.15) is 17.6 Å². The molecule has 0 radical (unpaired) electrons. The first kappa shape index (κ1) is 20.8. The number of nitro groups is 1. The topological polar surface area (TPSA) is 96.7 Å². The van der Waals surface area contributed by atoms with Gasteiger partial charge in [0.1, 0.15) is 11.8 Å². The van der Waals surface area contributed by atoms with E-state index in [2.05, 4.69) is 10.6 Å². The zero-order chi connectivity index (χ0) is 20.0. The van der Waals surface area contributed by atoms with Gasteiger partial charge in [0.25, 0.3) is 5.91 Å². The second-order valence-corrected chi connectivity index (χ2v) is 5.81. The van der Waals surface area contributed by atoms with Gasteiger partial charge in [0.05, 0.1) is 4.92 Å². The predicted octanol–water partition coefficient (Wildman–Crippen LogP) is 1.06. The van der Waals surface area contributed by atoms with E-state index in [4.69, 9.17) is 4.74 Å². The van der Waals surface area contributed by atoms with Crippen molar-refractivity contribution in [2.75, 3.05) is 39.3 Å². The maximum atomic E-state index is 13.5. The van der Waals surface area contributed by atoms with Crippen LogP contribution in [0.5, 0.6) is 5.75 Å². The zero-order valence-corrected chi connectivity index (χ0v) is 14.1. The lowest BCUT2D eigenvalue weighted by molar-refractivity contribution is -0.387. The number of carbonyl (C=O) groups excluding carboxylic acids is 1. The third-order valence-electron chi connectivity index (χ3n) is 3.95. The van der Waals surface area contributed by atoms with E-state index in [1.165, 1.54) is 4.90 Å². The van der Waals surface area contributed by atoms with Crippen LogP contribution >= 0.6 is 0 Å². The Labute approximate surface area is 151 Å². The molecule has 8 nitrogen and oxygen atoms in total. The van der Waals surface area contributed by atoms with Crippen molar-refractivity contribution in [3.8, 4) is 5.75 Å². The lowest BCUT2D eigenvalue weighted by Crippen LogP contribution is -2.57. The highest BCUT2D eigenvalue weighted by atomic mass is 19.4. The smallest absolute Gasteiger partial charge is 0.405 e. The third-order valence-corrected chi connectivity index (χ3v) is 3.95. The Morgan fingerprint density at radius 1 is 1.37 bits per heavy atom. The summed E-state index contributed by atoms with van der Waals surface area (Å²) in [7, 11) is 0. The van der Waals surface area contributed by atoms with Gasteiger partial charge < -0.3 is 15.4 Å². The highest BCUT2D eigenvalue weighted by Gasteiger charge is 2.43. The first-order valence-corrected chi connectivity index (χ1v) is 8.03. The van der Waals surface area contributed by atoms with Gasteiger partial charge in [0.15, 0.2) is 6.61 Å². The van der Waals surface area contributed by atoms with E-state index in [9.17, 15) is 32.5 Å². The number of halogens is 4. The second kappa shape index (κ2) is 8.95. The molecule has 1 aliphatic heterocycles. The molecule has 1 saturated heterocycles. The van der Waals surface area contributed by atoms with Crippen molar-refractivity contribution in [1.29, 1.82) is 0 Å². The minimum Gasteiger partial charge on any atom is -0.484 e. The van der Waals surface area contributed by atoms with Gasteiger partial charge in [0.2, 0.25) is 5.82 Å². The van der Waals surface area contributed by atoms with Gasteiger partial charge in [-0.25, -0.2) is 0 Å². The minimum atomic E-state index is -4.51. The minimum absolute atomic E-state index is 0.150. The average Bonchev–Trinajstić information content (AvgIpc) is 2.59. The molecule has 1 fully saturated rings. The standard InChI is InChI=1S/C15H18F4N4O4/c16-11-7-10(1-2-12(11)23(25)26)27-9-14(24)21-8-13(15(17,18)19)22-5-3-20-4-6-22/h1-2,7,13,20H,3-6,8-9H2,(H,21,24). The Kier molecular flexibility index (Phi) is 6.91. The Morgan fingerprint density at radius 3 is 2.59 bits per heavy atom. The van der Waals surface area contributed by atoms with E-state index in [0.717, 1.165) is 18.2 Å². The van der Waals surface area contributed by atoms with Crippen LogP contribution in [0.3, 0.4) is 0 Å². The molecule has 2 rings (SSSR count). The van der Waals surface area contributed by atoms with Crippen molar-refractivity contribution < 1.29 is 32.0 Å². The number of ether oxygens (including phenoxy) is 1. The third kappa shape index (κ3) is 6.03. The summed E-state index contributed by atoms with van der Waals surface area (Å²) < 4.78 is 58.1. The number of hydrogen-bond donors (Lipinski definition) is 2. The largest absolute Gasteiger partial charge is 0.484 e. The molecule has 1 heterocycles. The van der Waals surface area contributed by atoms with Crippen molar-refractivity contribution in [3.05, 3.63) is 34.1 Å². The molecule has 27 heavy (non-hydrogen) atoms. The van der Waals surface area contributed by atoms with Crippen LogP contribution in [0.15, 0.2) is 18.2 Å². The number of amides is 1. The van der Waals surface area contributed by atoms with Crippen LogP contribution in [0, 0.1) is 15.9 Å². The maximum absolute atomic E-state index is 13.5. The molecule has 1 aliphatic rings. The molecular weight excluding hydrogens is 376 g/mol. The summed E-state index contributed by atoms with van der Waals surface area (Å²) in [6.45, 7) is -0.0222. The molecule has 2 N–H and O–H groups in total. The van der Waals surface area contributed by atoms with Crippen LogP contribution in [-0.4, -0.2) is 67.3 Å². The number of hydrogen-bond acceptors (Lipinski definition) is 6. The molecule has 1 amide bonds.